The second kappa shape index (κ2) is 7.58. The minimum atomic E-state index is -1.08. The Morgan fingerprint density at radius 2 is 2.22 bits per heavy atom. The van der Waals surface area contributed by atoms with Gasteiger partial charge in [-0.2, -0.15) is 0 Å². The fourth-order valence-corrected chi connectivity index (χ4v) is 1.34. The van der Waals surface area contributed by atoms with Gasteiger partial charge in [0.25, 0.3) is 0 Å². The van der Waals surface area contributed by atoms with E-state index >= 15 is 0 Å². The van der Waals surface area contributed by atoms with Crippen molar-refractivity contribution in [1.82, 2.24) is 0 Å². The summed E-state index contributed by atoms with van der Waals surface area (Å²) in [6.45, 7) is 1.18. The minimum Gasteiger partial charge on any atom is -0.478 e. The number of hydrogen-bond acceptors (Lipinski definition) is 3. The molecule has 0 saturated heterocycles. The molecule has 0 aliphatic carbocycles. The summed E-state index contributed by atoms with van der Waals surface area (Å²) >= 11 is 0. The van der Waals surface area contributed by atoms with Crippen LogP contribution < -0.4 is 0 Å². The number of benzene rings is 1. The quantitative estimate of drug-likeness (QED) is 0.598. The standard InChI is InChI=1S/C13H15FO4/c1-17-6-7-18-9-11-2-4-12(14)8-10(11)3-5-13(15)16/h2-5,8H,6-7,9H2,1H3,(H,15,16). The molecule has 1 aromatic rings. The molecule has 1 aromatic carbocycles. The number of carbonyl (C=O) groups is 1. The minimum absolute atomic E-state index is 0.281. The molecular weight excluding hydrogens is 239 g/mol. The molecule has 0 bridgehead atoms. The van der Waals surface area contributed by atoms with Crippen molar-refractivity contribution in [1.29, 1.82) is 0 Å². The molecule has 18 heavy (non-hydrogen) atoms. The van der Waals surface area contributed by atoms with Crippen LogP contribution in [0.2, 0.25) is 0 Å². The van der Waals surface area contributed by atoms with E-state index in [9.17, 15) is 9.18 Å². The Bertz CT molecular complexity index is 429. The smallest absolute Gasteiger partial charge is 0.328 e. The third kappa shape index (κ3) is 5.07. The molecule has 1 rings (SSSR count). The Morgan fingerprint density at radius 1 is 1.44 bits per heavy atom. The van der Waals surface area contributed by atoms with Crippen LogP contribution >= 0.6 is 0 Å². The van der Waals surface area contributed by atoms with E-state index in [1.165, 1.54) is 18.2 Å². The summed E-state index contributed by atoms with van der Waals surface area (Å²) in [4.78, 5) is 10.4. The van der Waals surface area contributed by atoms with Crippen LogP contribution in [0.3, 0.4) is 0 Å². The lowest BCUT2D eigenvalue weighted by atomic mass is 10.1. The molecule has 0 radical (unpaired) electrons. The summed E-state index contributed by atoms with van der Waals surface area (Å²) in [5.74, 6) is -1.49. The Labute approximate surface area is 105 Å². The molecule has 1 N–H and O–H groups in total. The number of aliphatic carboxylic acids is 1. The SMILES string of the molecule is COCCOCc1ccc(F)cc1C=CC(=O)O. The van der Waals surface area contributed by atoms with Gasteiger partial charge in [0.05, 0.1) is 19.8 Å². The summed E-state index contributed by atoms with van der Waals surface area (Å²) in [7, 11) is 1.57. The maximum atomic E-state index is 13.1. The first kappa shape index (κ1) is 14.3. The fraction of sp³-hybridized carbons (Fsp3) is 0.308. The molecule has 0 aliphatic heterocycles. The predicted octanol–water partition coefficient (Wildman–Crippen LogP) is 2.09. The zero-order chi connectivity index (χ0) is 13.4. The van der Waals surface area contributed by atoms with Gasteiger partial charge < -0.3 is 14.6 Å². The van der Waals surface area contributed by atoms with Gasteiger partial charge in [-0.1, -0.05) is 6.07 Å². The van der Waals surface area contributed by atoms with Crippen molar-refractivity contribution in [2.75, 3.05) is 20.3 Å². The van der Waals surface area contributed by atoms with E-state index in [2.05, 4.69) is 0 Å². The summed E-state index contributed by atoms with van der Waals surface area (Å²) in [6.07, 6.45) is 2.31. The number of carboxylic acid groups (broad SMARTS) is 1. The van der Waals surface area contributed by atoms with Gasteiger partial charge in [0, 0.05) is 13.2 Å². The number of halogens is 1. The first-order valence-electron chi connectivity index (χ1n) is 5.39. The number of ether oxygens (including phenoxy) is 2. The second-order valence-electron chi connectivity index (χ2n) is 3.56. The Kier molecular flexibility index (Phi) is 6.04. The van der Waals surface area contributed by atoms with Gasteiger partial charge in [0.1, 0.15) is 5.82 Å². The molecule has 0 aliphatic rings. The first-order chi connectivity index (χ1) is 8.63. The molecule has 0 saturated carbocycles. The lowest BCUT2D eigenvalue weighted by Gasteiger charge is -2.07. The second-order valence-corrected chi connectivity index (χ2v) is 3.56. The lowest BCUT2D eigenvalue weighted by molar-refractivity contribution is -0.131. The van der Waals surface area contributed by atoms with Gasteiger partial charge in [-0.3, -0.25) is 0 Å². The first-order valence-corrected chi connectivity index (χ1v) is 5.39. The molecule has 0 atom stereocenters. The zero-order valence-corrected chi connectivity index (χ0v) is 10.1. The van der Waals surface area contributed by atoms with Gasteiger partial charge in [-0.25, -0.2) is 9.18 Å². The van der Waals surface area contributed by atoms with E-state index in [0.29, 0.717) is 18.8 Å². The fourth-order valence-electron chi connectivity index (χ4n) is 1.34. The van der Waals surface area contributed by atoms with Crippen molar-refractivity contribution < 1.29 is 23.8 Å². The lowest BCUT2D eigenvalue weighted by Crippen LogP contribution is -2.03. The highest BCUT2D eigenvalue weighted by atomic mass is 19.1. The third-order valence-corrected chi connectivity index (χ3v) is 2.20. The molecule has 0 unspecified atom stereocenters. The largest absolute Gasteiger partial charge is 0.478 e. The summed E-state index contributed by atoms with van der Waals surface area (Å²) in [6, 6.07) is 4.16. The van der Waals surface area contributed by atoms with Crippen molar-refractivity contribution in [2.24, 2.45) is 0 Å². The summed E-state index contributed by atoms with van der Waals surface area (Å²) in [5.41, 5.74) is 1.22. The van der Waals surface area contributed by atoms with E-state index in [4.69, 9.17) is 14.6 Å². The van der Waals surface area contributed by atoms with Gasteiger partial charge in [-0.05, 0) is 29.3 Å². The van der Waals surface area contributed by atoms with Crippen LogP contribution in [0.25, 0.3) is 6.08 Å². The Hall–Kier alpha value is -1.72. The van der Waals surface area contributed by atoms with Crippen molar-refractivity contribution in [3.05, 3.63) is 41.2 Å². The van der Waals surface area contributed by atoms with E-state index in [1.807, 2.05) is 0 Å². The van der Waals surface area contributed by atoms with Crippen molar-refractivity contribution in [3.8, 4) is 0 Å². The zero-order valence-electron chi connectivity index (χ0n) is 10.1. The molecule has 4 nitrogen and oxygen atoms in total. The molecule has 0 fully saturated rings. The topological polar surface area (TPSA) is 55.8 Å². The van der Waals surface area contributed by atoms with E-state index in [1.54, 1.807) is 13.2 Å². The monoisotopic (exact) mass is 254 g/mol. The van der Waals surface area contributed by atoms with E-state index in [-0.39, 0.29) is 6.61 Å². The molecule has 5 heteroatoms. The van der Waals surface area contributed by atoms with Gasteiger partial charge in [0.2, 0.25) is 0 Å². The van der Waals surface area contributed by atoms with Crippen LogP contribution in [-0.4, -0.2) is 31.4 Å². The van der Waals surface area contributed by atoms with Crippen LogP contribution in [0, 0.1) is 5.82 Å². The highest BCUT2D eigenvalue weighted by Gasteiger charge is 2.02. The average Bonchev–Trinajstić information content (AvgIpc) is 2.34. The molecule has 0 aromatic heterocycles. The average molecular weight is 254 g/mol. The van der Waals surface area contributed by atoms with Crippen LogP contribution in [0.4, 0.5) is 4.39 Å². The molecular formula is C13H15FO4. The van der Waals surface area contributed by atoms with Gasteiger partial charge in [-0.15, -0.1) is 0 Å². The van der Waals surface area contributed by atoms with Gasteiger partial charge >= 0.3 is 5.97 Å². The normalized spacial score (nSPS) is 11.0. The molecule has 0 spiro atoms. The third-order valence-electron chi connectivity index (χ3n) is 2.20. The van der Waals surface area contributed by atoms with Crippen molar-refractivity contribution >= 4 is 12.0 Å². The van der Waals surface area contributed by atoms with Crippen LogP contribution in [0.5, 0.6) is 0 Å². The van der Waals surface area contributed by atoms with Crippen molar-refractivity contribution in [2.45, 2.75) is 6.61 Å². The van der Waals surface area contributed by atoms with Crippen molar-refractivity contribution in [3.63, 3.8) is 0 Å². The van der Waals surface area contributed by atoms with Crippen LogP contribution in [0.1, 0.15) is 11.1 Å². The predicted molar refractivity (Wildman–Crippen MR) is 64.6 cm³/mol. The van der Waals surface area contributed by atoms with E-state index < -0.39 is 11.8 Å². The highest BCUT2D eigenvalue weighted by Crippen LogP contribution is 2.14. The Morgan fingerprint density at radius 3 is 2.89 bits per heavy atom. The van der Waals surface area contributed by atoms with E-state index in [0.717, 1.165) is 11.6 Å². The Balaban J connectivity index is 2.73. The van der Waals surface area contributed by atoms with Crippen LogP contribution in [0.15, 0.2) is 24.3 Å². The molecule has 98 valence electrons. The highest BCUT2D eigenvalue weighted by molar-refractivity contribution is 5.85. The summed E-state index contributed by atoms with van der Waals surface area (Å²) < 4.78 is 23.2. The molecule has 0 heterocycles. The van der Waals surface area contributed by atoms with Crippen LogP contribution in [-0.2, 0) is 20.9 Å². The number of methoxy groups -OCH3 is 1. The number of hydrogen-bond donors (Lipinski definition) is 1. The maximum Gasteiger partial charge on any atom is 0.328 e. The molecule has 0 amide bonds. The summed E-state index contributed by atoms with van der Waals surface area (Å²) in [5, 5.41) is 8.55. The number of carboxylic acids is 1. The number of rotatable bonds is 7. The maximum absolute atomic E-state index is 13.1. The van der Waals surface area contributed by atoms with Gasteiger partial charge in [0.15, 0.2) is 0 Å².